The summed E-state index contributed by atoms with van der Waals surface area (Å²) in [4.78, 5) is 0. The summed E-state index contributed by atoms with van der Waals surface area (Å²) in [5.41, 5.74) is -10.6. The Balaban J connectivity index is -0.000000276. The molecular formula is C8H20F6N3O5S2+. The van der Waals surface area contributed by atoms with Gasteiger partial charge in [-0.05, 0) is 0 Å². The number of primary sulfonamides is 2. The Kier molecular flexibility index (Phi) is 11.4. The van der Waals surface area contributed by atoms with Gasteiger partial charge in [-0.3, -0.25) is 0 Å². The van der Waals surface area contributed by atoms with Gasteiger partial charge in [0.05, 0.1) is 27.7 Å². The Hall–Kier alpha value is -0.680. The molecule has 8 nitrogen and oxygen atoms in total. The average Bonchev–Trinajstić information content (AvgIpc) is 2.21. The fraction of sp³-hybridized carbons (Fsp3) is 1.00. The summed E-state index contributed by atoms with van der Waals surface area (Å²) >= 11 is 0. The first-order chi connectivity index (χ1) is 10.1. The third-order valence-corrected chi connectivity index (χ3v) is 2.92. The number of sulfonamides is 2. The first kappa shape index (κ1) is 28.1. The fourth-order valence-electron chi connectivity index (χ4n) is 0.545. The van der Waals surface area contributed by atoms with Crippen molar-refractivity contribution < 1.29 is 52.8 Å². The maximum absolute atomic E-state index is 10.8. The predicted molar refractivity (Wildman–Crippen MR) is 72.9 cm³/mol. The molecule has 24 heavy (non-hydrogen) atoms. The lowest BCUT2D eigenvalue weighted by Crippen LogP contribution is -2.35. The van der Waals surface area contributed by atoms with Crippen LogP contribution < -0.4 is 10.3 Å². The number of aliphatic hydroxyl groups is 1. The highest BCUT2D eigenvalue weighted by Crippen LogP contribution is 2.19. The molecule has 0 saturated heterocycles. The van der Waals surface area contributed by atoms with Crippen LogP contribution in [0.4, 0.5) is 26.3 Å². The van der Waals surface area contributed by atoms with E-state index in [1.54, 1.807) is 0 Å². The molecule has 0 atom stereocenters. The largest absolute Gasteiger partial charge is 0.511 e. The minimum absolute atomic E-state index is 0.315. The summed E-state index contributed by atoms with van der Waals surface area (Å²) < 4.78 is 103. The smallest absolute Gasteiger partial charge is 0.396 e. The van der Waals surface area contributed by atoms with Crippen molar-refractivity contribution in [3.63, 3.8) is 0 Å². The highest BCUT2D eigenvalue weighted by Gasteiger charge is 2.43. The van der Waals surface area contributed by atoms with Gasteiger partial charge in [-0.25, -0.2) is 27.1 Å². The van der Waals surface area contributed by atoms with Gasteiger partial charge in [0.1, 0.15) is 0 Å². The zero-order valence-corrected chi connectivity index (χ0v) is 14.5. The second-order valence-electron chi connectivity index (χ2n) is 5.07. The summed E-state index contributed by atoms with van der Waals surface area (Å²) in [5, 5.41) is 15.7. The SMILES string of the molecule is C[N+](C)(C)CCCO.NS(=O)(=O)C(F)(F)F.NS(=O)(=O)C(F)(F)F. The highest BCUT2D eigenvalue weighted by atomic mass is 32.2. The third kappa shape index (κ3) is 17.7. The molecule has 0 radical (unpaired) electrons. The molecular weight excluding hydrogens is 396 g/mol. The van der Waals surface area contributed by atoms with Gasteiger partial charge >= 0.3 is 31.1 Å². The molecule has 0 spiro atoms. The first-order valence-electron chi connectivity index (χ1n) is 5.65. The van der Waals surface area contributed by atoms with Gasteiger partial charge in [-0.1, -0.05) is 0 Å². The van der Waals surface area contributed by atoms with Crippen LogP contribution in [0.2, 0.25) is 0 Å². The number of aliphatic hydroxyl groups excluding tert-OH is 1. The van der Waals surface area contributed by atoms with E-state index in [2.05, 4.69) is 31.4 Å². The first-order valence-corrected chi connectivity index (χ1v) is 8.75. The van der Waals surface area contributed by atoms with E-state index in [0.717, 1.165) is 17.4 Å². The van der Waals surface area contributed by atoms with Crippen molar-refractivity contribution in [2.24, 2.45) is 10.3 Å². The van der Waals surface area contributed by atoms with Crippen LogP contribution >= 0.6 is 0 Å². The van der Waals surface area contributed by atoms with E-state index in [0.29, 0.717) is 6.61 Å². The number of quaternary nitrogens is 1. The molecule has 0 bridgehead atoms. The van der Waals surface area contributed by atoms with Gasteiger partial charge in [0.2, 0.25) is 0 Å². The summed E-state index contributed by atoms with van der Waals surface area (Å²) in [7, 11) is -4.32. The van der Waals surface area contributed by atoms with Gasteiger partial charge < -0.3 is 9.59 Å². The molecule has 0 aliphatic heterocycles. The molecule has 0 saturated carbocycles. The van der Waals surface area contributed by atoms with Crippen LogP contribution in [0.15, 0.2) is 0 Å². The Morgan fingerprint density at radius 3 is 1.08 bits per heavy atom. The van der Waals surface area contributed by atoms with Crippen molar-refractivity contribution in [1.82, 2.24) is 0 Å². The van der Waals surface area contributed by atoms with Crippen molar-refractivity contribution in [1.29, 1.82) is 0 Å². The van der Waals surface area contributed by atoms with Crippen molar-refractivity contribution in [3.8, 4) is 0 Å². The van der Waals surface area contributed by atoms with Gasteiger partial charge in [0, 0.05) is 13.0 Å². The van der Waals surface area contributed by atoms with Crippen LogP contribution in [0.5, 0.6) is 0 Å². The zero-order valence-electron chi connectivity index (χ0n) is 12.9. The monoisotopic (exact) mass is 416 g/mol. The van der Waals surface area contributed by atoms with Crippen molar-refractivity contribution in [2.45, 2.75) is 17.4 Å². The number of hydrogen-bond acceptors (Lipinski definition) is 5. The maximum atomic E-state index is 10.8. The lowest BCUT2D eigenvalue weighted by atomic mass is 10.4. The van der Waals surface area contributed by atoms with E-state index in [-0.39, 0.29) is 0 Å². The van der Waals surface area contributed by atoms with Gasteiger partial charge in [0.15, 0.2) is 0 Å². The lowest BCUT2D eigenvalue weighted by Gasteiger charge is -2.22. The van der Waals surface area contributed by atoms with E-state index in [1.165, 1.54) is 0 Å². The number of alkyl halides is 6. The van der Waals surface area contributed by atoms with Crippen molar-refractivity contribution >= 4 is 20.0 Å². The minimum Gasteiger partial charge on any atom is -0.396 e. The van der Waals surface area contributed by atoms with Crippen LogP contribution in [0.1, 0.15) is 6.42 Å². The van der Waals surface area contributed by atoms with Gasteiger partial charge in [-0.2, -0.15) is 26.3 Å². The quantitative estimate of drug-likeness (QED) is 0.427. The highest BCUT2D eigenvalue weighted by molar-refractivity contribution is 7.90. The topological polar surface area (TPSA) is 141 Å². The van der Waals surface area contributed by atoms with Crippen LogP contribution in [0.3, 0.4) is 0 Å². The van der Waals surface area contributed by atoms with E-state index in [9.17, 15) is 43.2 Å². The summed E-state index contributed by atoms with van der Waals surface area (Å²) in [6, 6.07) is 0. The maximum Gasteiger partial charge on any atom is 0.511 e. The Morgan fingerprint density at radius 1 is 0.833 bits per heavy atom. The molecule has 150 valence electrons. The number of hydrogen-bond donors (Lipinski definition) is 3. The van der Waals surface area contributed by atoms with Crippen molar-refractivity contribution in [3.05, 3.63) is 0 Å². The lowest BCUT2D eigenvalue weighted by molar-refractivity contribution is -0.870. The molecule has 0 aromatic carbocycles. The molecule has 0 aliphatic carbocycles. The van der Waals surface area contributed by atoms with E-state index in [4.69, 9.17) is 5.11 Å². The molecule has 0 amide bonds. The van der Waals surface area contributed by atoms with Crippen molar-refractivity contribution in [2.75, 3.05) is 34.3 Å². The van der Waals surface area contributed by atoms with E-state index in [1.807, 2.05) is 0 Å². The fourth-order valence-corrected chi connectivity index (χ4v) is 0.545. The number of nitrogens with zero attached hydrogens (tertiary/aromatic N) is 1. The summed E-state index contributed by atoms with van der Waals surface area (Å²) in [5.74, 6) is 0. The molecule has 5 N–H and O–H groups in total. The van der Waals surface area contributed by atoms with Gasteiger partial charge in [-0.15, -0.1) is 0 Å². The predicted octanol–water partition coefficient (Wildman–Crippen LogP) is -0.336. The molecule has 0 heterocycles. The molecule has 0 unspecified atom stereocenters. The Labute approximate surface area is 135 Å². The number of halogens is 6. The molecule has 0 aromatic rings. The Bertz CT molecular complexity index is 508. The molecule has 0 rings (SSSR count). The number of nitrogens with two attached hydrogens (primary N) is 2. The normalized spacial score (nSPS) is 13.3. The van der Waals surface area contributed by atoms with Crippen LogP contribution in [0.25, 0.3) is 0 Å². The zero-order chi connectivity index (χ0) is 20.6. The van der Waals surface area contributed by atoms with E-state index >= 15 is 0 Å². The standard InChI is InChI=1S/C6H16NO.2CH2F3NO2S/c1-7(2,3)5-4-6-8;2*2-1(3,4)8(5,6)7/h8H,4-6H2,1-3H3;2*(H2,5,6,7)/q+1;;. The van der Waals surface area contributed by atoms with E-state index < -0.39 is 31.1 Å². The van der Waals surface area contributed by atoms with Crippen LogP contribution in [-0.4, -0.2) is 71.7 Å². The number of rotatable bonds is 3. The summed E-state index contributed by atoms with van der Waals surface area (Å²) in [6.45, 7) is 1.37. The second kappa shape index (κ2) is 9.71. The molecule has 0 aliphatic rings. The average molecular weight is 416 g/mol. The third-order valence-electron chi connectivity index (χ3n) is 1.63. The molecule has 0 fully saturated rings. The summed E-state index contributed by atoms with van der Waals surface area (Å²) in [6.07, 6.45) is 0.906. The second-order valence-corrected chi connectivity index (χ2v) is 8.18. The van der Waals surface area contributed by atoms with Gasteiger partial charge in [0.25, 0.3) is 0 Å². The molecule has 0 aromatic heterocycles. The minimum atomic E-state index is -5.34. The Morgan fingerprint density at radius 2 is 1.04 bits per heavy atom. The van der Waals surface area contributed by atoms with Crippen LogP contribution in [-0.2, 0) is 20.0 Å². The van der Waals surface area contributed by atoms with Crippen LogP contribution in [0, 0.1) is 0 Å². The molecule has 16 heteroatoms.